The number of fused-ring (bicyclic) bond motifs is 1. The summed E-state index contributed by atoms with van der Waals surface area (Å²) in [5, 5.41) is 13.8. The number of aliphatic hydroxyl groups excluding tert-OH is 1. The first-order valence-electron chi connectivity index (χ1n) is 9.86. The summed E-state index contributed by atoms with van der Waals surface area (Å²) in [5.74, 6) is 0.607. The molecular formula is C26H20Cl2O4. The van der Waals surface area contributed by atoms with E-state index in [1.54, 1.807) is 60.7 Å². The number of hydrogen-bond donors (Lipinski definition) is 1. The van der Waals surface area contributed by atoms with Crippen LogP contribution in [0.3, 0.4) is 0 Å². The van der Waals surface area contributed by atoms with E-state index >= 15 is 0 Å². The number of carbonyl (C=O) groups excluding carboxylic acids is 1. The van der Waals surface area contributed by atoms with Crippen LogP contribution in [0.15, 0.2) is 72.8 Å². The zero-order chi connectivity index (χ0) is 22.8. The van der Waals surface area contributed by atoms with Gasteiger partial charge in [-0.25, -0.2) is 0 Å². The van der Waals surface area contributed by atoms with Gasteiger partial charge in [0.15, 0.2) is 5.78 Å². The van der Waals surface area contributed by atoms with Crippen LogP contribution in [0, 0.1) is 0 Å². The molecule has 32 heavy (non-hydrogen) atoms. The Bertz CT molecular complexity index is 1280. The zero-order valence-corrected chi connectivity index (χ0v) is 18.9. The third-order valence-electron chi connectivity index (χ3n) is 5.38. The quantitative estimate of drug-likeness (QED) is 0.330. The molecule has 0 spiro atoms. The minimum Gasteiger partial charge on any atom is -0.496 e. The minimum atomic E-state index is -1.06. The molecule has 0 radical (unpaired) electrons. The predicted octanol–water partition coefficient (Wildman–Crippen LogP) is 6.48. The highest BCUT2D eigenvalue weighted by molar-refractivity contribution is 6.31. The van der Waals surface area contributed by atoms with Crippen molar-refractivity contribution in [3.05, 3.63) is 105 Å². The van der Waals surface area contributed by atoms with Crippen LogP contribution in [0.25, 0.3) is 10.8 Å². The van der Waals surface area contributed by atoms with Crippen LogP contribution in [0.2, 0.25) is 10.0 Å². The molecule has 0 amide bonds. The van der Waals surface area contributed by atoms with Crippen molar-refractivity contribution in [2.45, 2.75) is 6.10 Å². The third-order valence-corrected chi connectivity index (χ3v) is 5.88. The molecule has 0 heterocycles. The average molecular weight is 467 g/mol. The Kier molecular flexibility index (Phi) is 6.38. The first-order chi connectivity index (χ1) is 15.4. The van der Waals surface area contributed by atoms with E-state index in [-0.39, 0.29) is 5.78 Å². The zero-order valence-electron chi connectivity index (χ0n) is 17.4. The minimum absolute atomic E-state index is 0.248. The maximum Gasteiger partial charge on any atom is 0.197 e. The van der Waals surface area contributed by atoms with Gasteiger partial charge in [-0.1, -0.05) is 47.5 Å². The summed E-state index contributed by atoms with van der Waals surface area (Å²) in [4.78, 5) is 13.6. The molecule has 1 N–H and O–H groups in total. The van der Waals surface area contributed by atoms with Gasteiger partial charge in [0.25, 0.3) is 0 Å². The van der Waals surface area contributed by atoms with E-state index in [0.29, 0.717) is 49.2 Å². The summed E-state index contributed by atoms with van der Waals surface area (Å²) in [5.41, 5.74) is 1.89. The molecule has 162 valence electrons. The number of ketones is 1. The first-order valence-corrected chi connectivity index (χ1v) is 10.6. The van der Waals surface area contributed by atoms with E-state index in [4.69, 9.17) is 32.7 Å². The van der Waals surface area contributed by atoms with E-state index in [2.05, 4.69) is 0 Å². The van der Waals surface area contributed by atoms with Crippen molar-refractivity contribution in [3.8, 4) is 11.5 Å². The second-order valence-electron chi connectivity index (χ2n) is 7.21. The van der Waals surface area contributed by atoms with E-state index in [1.807, 2.05) is 12.1 Å². The van der Waals surface area contributed by atoms with Crippen molar-refractivity contribution in [3.63, 3.8) is 0 Å². The highest BCUT2D eigenvalue weighted by Crippen LogP contribution is 2.41. The van der Waals surface area contributed by atoms with Gasteiger partial charge in [0.1, 0.15) is 17.6 Å². The van der Waals surface area contributed by atoms with Gasteiger partial charge in [-0.2, -0.15) is 0 Å². The second kappa shape index (κ2) is 9.21. The lowest BCUT2D eigenvalue weighted by Gasteiger charge is -2.21. The number of aliphatic hydroxyl groups is 1. The molecular weight excluding hydrogens is 447 g/mol. The fourth-order valence-corrected chi connectivity index (χ4v) is 4.06. The van der Waals surface area contributed by atoms with Crippen LogP contribution in [0.1, 0.15) is 33.2 Å². The van der Waals surface area contributed by atoms with Gasteiger partial charge in [-0.15, -0.1) is 0 Å². The summed E-state index contributed by atoms with van der Waals surface area (Å²) in [6.07, 6.45) is -1.06. The molecule has 0 aliphatic carbocycles. The number of hydrogen-bond acceptors (Lipinski definition) is 4. The van der Waals surface area contributed by atoms with Crippen molar-refractivity contribution in [2.24, 2.45) is 0 Å². The number of halogens is 2. The molecule has 0 saturated heterocycles. The topological polar surface area (TPSA) is 55.8 Å². The van der Waals surface area contributed by atoms with Gasteiger partial charge < -0.3 is 14.6 Å². The van der Waals surface area contributed by atoms with Crippen LogP contribution in [-0.4, -0.2) is 25.1 Å². The van der Waals surface area contributed by atoms with Gasteiger partial charge in [0.05, 0.1) is 19.8 Å². The molecule has 4 aromatic carbocycles. The molecule has 0 saturated carbocycles. The van der Waals surface area contributed by atoms with Gasteiger partial charge in [-0.3, -0.25) is 4.79 Å². The van der Waals surface area contributed by atoms with Crippen molar-refractivity contribution in [1.29, 1.82) is 0 Å². The Balaban J connectivity index is 2.03. The molecule has 1 unspecified atom stereocenters. The average Bonchev–Trinajstić information content (AvgIpc) is 2.82. The molecule has 0 aliphatic rings. The standard InChI is InChI=1S/C26H20Cl2O4/c1-31-20-13-7-15-8-14-21(32-2)24(26(30)17-5-11-19(28)12-6-17)22(15)23(20)25(29)16-3-9-18(27)10-4-16/h3-14,25,29H,1-2H3. The fraction of sp³-hybridized carbons (Fsp3) is 0.115. The predicted molar refractivity (Wildman–Crippen MR) is 127 cm³/mol. The van der Waals surface area contributed by atoms with Gasteiger partial charge >= 0.3 is 0 Å². The number of methoxy groups -OCH3 is 2. The molecule has 0 aliphatic heterocycles. The second-order valence-corrected chi connectivity index (χ2v) is 8.09. The lowest BCUT2D eigenvalue weighted by Crippen LogP contribution is -2.10. The highest BCUT2D eigenvalue weighted by Gasteiger charge is 2.26. The van der Waals surface area contributed by atoms with Crippen molar-refractivity contribution in [1.82, 2.24) is 0 Å². The smallest absolute Gasteiger partial charge is 0.197 e. The lowest BCUT2D eigenvalue weighted by molar-refractivity contribution is 0.103. The Labute approximate surface area is 195 Å². The van der Waals surface area contributed by atoms with Crippen molar-refractivity contribution in [2.75, 3.05) is 14.2 Å². The van der Waals surface area contributed by atoms with Crippen LogP contribution in [0.5, 0.6) is 11.5 Å². The van der Waals surface area contributed by atoms with Gasteiger partial charge in [0.2, 0.25) is 0 Å². The third kappa shape index (κ3) is 4.05. The van der Waals surface area contributed by atoms with Crippen LogP contribution >= 0.6 is 23.2 Å². The number of ether oxygens (including phenoxy) is 2. The SMILES string of the molecule is COc1ccc2ccc(OC)c(C(O)c3ccc(Cl)cc3)c2c1C(=O)c1ccc(Cl)cc1. The number of rotatable bonds is 6. The van der Waals surface area contributed by atoms with Crippen LogP contribution in [0.4, 0.5) is 0 Å². The molecule has 0 fully saturated rings. The summed E-state index contributed by atoms with van der Waals surface area (Å²) in [7, 11) is 3.04. The Morgan fingerprint density at radius 1 is 0.781 bits per heavy atom. The normalized spacial score (nSPS) is 11.9. The molecule has 4 aromatic rings. The molecule has 0 bridgehead atoms. The van der Waals surface area contributed by atoms with Crippen LogP contribution < -0.4 is 9.47 Å². The molecule has 6 heteroatoms. The number of carbonyl (C=O) groups is 1. The Morgan fingerprint density at radius 3 is 1.88 bits per heavy atom. The Hall–Kier alpha value is -3.05. The summed E-state index contributed by atoms with van der Waals surface area (Å²) < 4.78 is 11.2. The largest absolute Gasteiger partial charge is 0.496 e. The van der Waals surface area contributed by atoms with Crippen molar-refractivity contribution >= 4 is 39.8 Å². The van der Waals surface area contributed by atoms with Gasteiger partial charge in [0, 0.05) is 26.6 Å². The van der Waals surface area contributed by atoms with Crippen LogP contribution in [-0.2, 0) is 0 Å². The van der Waals surface area contributed by atoms with E-state index < -0.39 is 6.10 Å². The molecule has 4 nitrogen and oxygen atoms in total. The maximum atomic E-state index is 13.6. The molecule has 4 rings (SSSR count). The highest BCUT2D eigenvalue weighted by atomic mass is 35.5. The fourth-order valence-electron chi connectivity index (χ4n) is 3.81. The lowest BCUT2D eigenvalue weighted by atomic mass is 9.88. The maximum absolute atomic E-state index is 13.6. The van der Waals surface area contributed by atoms with E-state index in [1.165, 1.54) is 14.2 Å². The summed E-state index contributed by atoms with van der Waals surface area (Å²) >= 11 is 12.0. The molecule has 1 atom stereocenters. The monoisotopic (exact) mass is 466 g/mol. The summed E-state index contributed by atoms with van der Waals surface area (Å²) in [6, 6.07) is 20.8. The first kappa shape index (κ1) is 22.2. The van der Waals surface area contributed by atoms with E-state index in [0.717, 1.165) is 5.39 Å². The Morgan fingerprint density at radius 2 is 1.31 bits per heavy atom. The summed E-state index contributed by atoms with van der Waals surface area (Å²) in [6.45, 7) is 0. The van der Waals surface area contributed by atoms with Crippen molar-refractivity contribution < 1.29 is 19.4 Å². The molecule has 0 aromatic heterocycles. The van der Waals surface area contributed by atoms with Gasteiger partial charge in [-0.05, 0) is 59.5 Å². The van der Waals surface area contributed by atoms with E-state index in [9.17, 15) is 9.90 Å². The number of benzene rings is 4.